The van der Waals surface area contributed by atoms with Gasteiger partial charge in [-0.3, -0.25) is 9.59 Å². The van der Waals surface area contributed by atoms with E-state index in [1.807, 2.05) is 35.2 Å². The van der Waals surface area contributed by atoms with E-state index in [4.69, 9.17) is 0 Å². The molecular formula is C22H27N3O2. The molecule has 2 amide bonds. The topological polar surface area (TPSA) is 52.6 Å². The number of aryl methyl sites for hydroxylation is 1. The van der Waals surface area contributed by atoms with Gasteiger partial charge < -0.3 is 15.1 Å². The van der Waals surface area contributed by atoms with Gasteiger partial charge in [-0.1, -0.05) is 42.5 Å². The highest BCUT2D eigenvalue weighted by Crippen LogP contribution is 2.18. The third kappa shape index (κ3) is 5.58. The predicted octanol–water partition coefficient (Wildman–Crippen LogP) is 2.39. The van der Waals surface area contributed by atoms with E-state index < -0.39 is 0 Å². The van der Waals surface area contributed by atoms with Crippen molar-refractivity contribution in [2.24, 2.45) is 0 Å². The van der Waals surface area contributed by atoms with Crippen molar-refractivity contribution in [2.45, 2.75) is 19.8 Å². The van der Waals surface area contributed by atoms with Gasteiger partial charge in [0.25, 0.3) is 0 Å². The number of carbonyl (C=O) groups excluding carboxylic acids is 2. The van der Waals surface area contributed by atoms with Crippen LogP contribution in [0, 0.1) is 6.92 Å². The lowest BCUT2D eigenvalue weighted by atomic mass is 10.1. The smallest absolute Gasteiger partial charge is 0.224 e. The SMILES string of the molecule is Cc1cccc(N2CCN(C(=O)CCNC(=O)Cc3ccccc3)CC2)c1. The first kappa shape index (κ1) is 19.0. The van der Waals surface area contributed by atoms with Gasteiger partial charge in [0.1, 0.15) is 0 Å². The highest BCUT2D eigenvalue weighted by Gasteiger charge is 2.21. The number of carbonyl (C=O) groups is 2. The van der Waals surface area contributed by atoms with E-state index in [9.17, 15) is 9.59 Å². The number of amides is 2. The van der Waals surface area contributed by atoms with Gasteiger partial charge in [-0.15, -0.1) is 0 Å². The fourth-order valence-corrected chi connectivity index (χ4v) is 3.35. The molecule has 0 saturated carbocycles. The summed E-state index contributed by atoms with van der Waals surface area (Å²) in [6.07, 6.45) is 0.704. The number of anilines is 1. The molecule has 27 heavy (non-hydrogen) atoms. The maximum Gasteiger partial charge on any atom is 0.224 e. The molecule has 0 aliphatic carbocycles. The monoisotopic (exact) mass is 365 g/mol. The third-order valence-corrected chi connectivity index (χ3v) is 4.87. The Labute approximate surface area is 161 Å². The lowest BCUT2D eigenvalue weighted by Crippen LogP contribution is -2.49. The summed E-state index contributed by atoms with van der Waals surface area (Å²) in [5.41, 5.74) is 3.45. The molecule has 5 heteroatoms. The van der Waals surface area contributed by atoms with E-state index in [0.717, 1.165) is 31.7 Å². The van der Waals surface area contributed by atoms with Crippen molar-refractivity contribution in [3.63, 3.8) is 0 Å². The van der Waals surface area contributed by atoms with E-state index in [-0.39, 0.29) is 11.8 Å². The van der Waals surface area contributed by atoms with Crippen LogP contribution in [0.3, 0.4) is 0 Å². The molecule has 1 heterocycles. The maximum atomic E-state index is 12.4. The van der Waals surface area contributed by atoms with Crippen molar-refractivity contribution in [1.82, 2.24) is 10.2 Å². The van der Waals surface area contributed by atoms with E-state index >= 15 is 0 Å². The van der Waals surface area contributed by atoms with Crippen molar-refractivity contribution in [2.75, 3.05) is 37.6 Å². The Hall–Kier alpha value is -2.82. The molecule has 5 nitrogen and oxygen atoms in total. The zero-order chi connectivity index (χ0) is 19.1. The molecule has 1 fully saturated rings. The fourth-order valence-electron chi connectivity index (χ4n) is 3.35. The fraction of sp³-hybridized carbons (Fsp3) is 0.364. The summed E-state index contributed by atoms with van der Waals surface area (Å²) in [5.74, 6) is 0.0668. The van der Waals surface area contributed by atoms with E-state index in [2.05, 4.69) is 41.4 Å². The van der Waals surface area contributed by atoms with Crippen LogP contribution in [0.4, 0.5) is 5.69 Å². The Morgan fingerprint density at radius 1 is 0.963 bits per heavy atom. The second kappa shape index (κ2) is 9.21. The summed E-state index contributed by atoms with van der Waals surface area (Å²) >= 11 is 0. The second-order valence-corrected chi connectivity index (χ2v) is 6.97. The standard InChI is InChI=1S/C22H27N3O2/c1-18-6-5-9-20(16-18)24-12-14-25(15-13-24)22(27)10-11-23-21(26)17-19-7-3-2-4-8-19/h2-9,16H,10-15,17H2,1H3,(H,23,26). The molecule has 2 aromatic rings. The van der Waals surface area contributed by atoms with E-state index in [1.165, 1.54) is 11.3 Å². The lowest BCUT2D eigenvalue weighted by Gasteiger charge is -2.36. The minimum absolute atomic E-state index is 0.0433. The zero-order valence-electron chi connectivity index (χ0n) is 15.9. The Morgan fingerprint density at radius 2 is 1.70 bits per heavy atom. The zero-order valence-corrected chi connectivity index (χ0v) is 15.9. The molecule has 2 aromatic carbocycles. The van der Waals surface area contributed by atoms with Crippen LogP contribution in [0.15, 0.2) is 54.6 Å². The average molecular weight is 365 g/mol. The molecule has 142 valence electrons. The van der Waals surface area contributed by atoms with Crippen LogP contribution in [0.25, 0.3) is 0 Å². The molecule has 0 spiro atoms. The van der Waals surface area contributed by atoms with Crippen molar-refractivity contribution in [3.05, 3.63) is 65.7 Å². The van der Waals surface area contributed by atoms with Crippen LogP contribution >= 0.6 is 0 Å². The Morgan fingerprint density at radius 3 is 2.41 bits per heavy atom. The van der Waals surface area contributed by atoms with Crippen LogP contribution in [0.5, 0.6) is 0 Å². The number of nitrogens with one attached hydrogen (secondary N) is 1. The Balaban J connectivity index is 1.37. The van der Waals surface area contributed by atoms with E-state index in [1.54, 1.807) is 0 Å². The van der Waals surface area contributed by atoms with Crippen LogP contribution in [0.2, 0.25) is 0 Å². The Bertz CT molecular complexity index is 768. The molecule has 1 aliphatic heterocycles. The molecule has 3 rings (SSSR count). The molecule has 0 bridgehead atoms. The summed E-state index contributed by atoms with van der Waals surface area (Å²) in [7, 11) is 0. The highest BCUT2D eigenvalue weighted by molar-refractivity contribution is 5.80. The van der Waals surface area contributed by atoms with Gasteiger partial charge in [0.05, 0.1) is 6.42 Å². The summed E-state index contributed by atoms with van der Waals surface area (Å²) < 4.78 is 0. The number of rotatable bonds is 6. The van der Waals surface area contributed by atoms with Crippen molar-refractivity contribution < 1.29 is 9.59 Å². The van der Waals surface area contributed by atoms with Gasteiger partial charge in [-0.05, 0) is 30.2 Å². The number of benzene rings is 2. The highest BCUT2D eigenvalue weighted by atomic mass is 16.2. The molecular weight excluding hydrogens is 338 g/mol. The maximum absolute atomic E-state index is 12.4. The molecule has 0 atom stereocenters. The van der Waals surface area contributed by atoms with Crippen LogP contribution in [0.1, 0.15) is 17.5 Å². The van der Waals surface area contributed by atoms with Crippen molar-refractivity contribution >= 4 is 17.5 Å². The normalized spacial score (nSPS) is 14.1. The van der Waals surface area contributed by atoms with Gasteiger partial charge >= 0.3 is 0 Å². The quantitative estimate of drug-likeness (QED) is 0.855. The number of piperazine rings is 1. The molecule has 1 N–H and O–H groups in total. The third-order valence-electron chi connectivity index (χ3n) is 4.87. The first-order chi connectivity index (χ1) is 13.1. The summed E-state index contributed by atoms with van der Waals surface area (Å²) in [5, 5.41) is 2.85. The minimum atomic E-state index is -0.0433. The molecule has 1 saturated heterocycles. The molecule has 0 aromatic heterocycles. The van der Waals surface area contributed by atoms with Gasteiger partial charge in [0.15, 0.2) is 0 Å². The summed E-state index contributed by atoms with van der Waals surface area (Å²) in [4.78, 5) is 28.6. The Kier molecular flexibility index (Phi) is 6.47. The summed E-state index contributed by atoms with van der Waals surface area (Å²) in [6, 6.07) is 18.1. The largest absolute Gasteiger partial charge is 0.368 e. The van der Waals surface area contributed by atoms with Crippen LogP contribution < -0.4 is 10.2 Å². The average Bonchev–Trinajstić information content (AvgIpc) is 2.69. The predicted molar refractivity (Wildman–Crippen MR) is 108 cm³/mol. The minimum Gasteiger partial charge on any atom is -0.368 e. The van der Waals surface area contributed by atoms with Crippen molar-refractivity contribution in [1.29, 1.82) is 0 Å². The molecule has 0 radical (unpaired) electrons. The van der Waals surface area contributed by atoms with Gasteiger partial charge in [0.2, 0.25) is 11.8 Å². The molecule has 0 unspecified atom stereocenters. The van der Waals surface area contributed by atoms with E-state index in [0.29, 0.717) is 19.4 Å². The number of hydrogen-bond acceptors (Lipinski definition) is 3. The van der Waals surface area contributed by atoms with Gasteiger partial charge in [-0.25, -0.2) is 0 Å². The van der Waals surface area contributed by atoms with Crippen molar-refractivity contribution in [3.8, 4) is 0 Å². The first-order valence-corrected chi connectivity index (χ1v) is 9.52. The second-order valence-electron chi connectivity index (χ2n) is 6.97. The lowest BCUT2D eigenvalue weighted by molar-refractivity contribution is -0.131. The molecule has 1 aliphatic rings. The number of nitrogens with zero attached hydrogens (tertiary/aromatic N) is 2. The van der Waals surface area contributed by atoms with Gasteiger partial charge in [-0.2, -0.15) is 0 Å². The van der Waals surface area contributed by atoms with Crippen LogP contribution in [-0.4, -0.2) is 49.4 Å². The van der Waals surface area contributed by atoms with Gasteiger partial charge in [0, 0.05) is 44.8 Å². The number of hydrogen-bond donors (Lipinski definition) is 1. The first-order valence-electron chi connectivity index (χ1n) is 9.52. The van der Waals surface area contributed by atoms with Crippen LogP contribution in [-0.2, 0) is 16.0 Å². The summed E-state index contributed by atoms with van der Waals surface area (Å²) in [6.45, 7) is 5.62.